The maximum absolute atomic E-state index is 5.58. The van der Waals surface area contributed by atoms with Crippen molar-refractivity contribution in [2.24, 2.45) is 4.99 Å². The summed E-state index contributed by atoms with van der Waals surface area (Å²) in [5.41, 5.74) is 1.17. The molecule has 0 radical (unpaired) electrons. The largest absolute Gasteiger partial charge is 0.493 e. The van der Waals surface area contributed by atoms with E-state index in [-0.39, 0.29) is 6.04 Å². The van der Waals surface area contributed by atoms with Crippen LogP contribution in [0.1, 0.15) is 32.4 Å². The van der Waals surface area contributed by atoms with E-state index >= 15 is 0 Å². The maximum Gasteiger partial charge on any atom is 0.191 e. The van der Waals surface area contributed by atoms with Gasteiger partial charge in [-0.3, -0.25) is 9.89 Å². The summed E-state index contributed by atoms with van der Waals surface area (Å²) in [6.07, 6.45) is 0. The van der Waals surface area contributed by atoms with E-state index in [4.69, 9.17) is 19.2 Å². The van der Waals surface area contributed by atoms with Gasteiger partial charge in [-0.25, -0.2) is 0 Å². The average Bonchev–Trinajstić information content (AvgIpc) is 2.82. The number of aliphatic imine (C=N–C) groups is 1. The van der Waals surface area contributed by atoms with E-state index in [1.807, 2.05) is 6.07 Å². The molecule has 31 heavy (non-hydrogen) atoms. The van der Waals surface area contributed by atoms with Gasteiger partial charge >= 0.3 is 0 Å². The molecule has 1 aromatic carbocycles. The van der Waals surface area contributed by atoms with Crippen LogP contribution < -0.4 is 20.1 Å². The highest BCUT2D eigenvalue weighted by atomic mass is 16.5. The Balaban J connectivity index is 2.16. The lowest BCUT2D eigenvalue weighted by molar-refractivity contribution is 0.0179. The Kier molecular flexibility index (Phi) is 11.5. The highest BCUT2D eigenvalue weighted by Crippen LogP contribution is 2.32. The Hall–Kier alpha value is -2.03. The van der Waals surface area contributed by atoms with E-state index in [1.54, 1.807) is 14.2 Å². The van der Waals surface area contributed by atoms with Crippen molar-refractivity contribution in [1.29, 1.82) is 0 Å². The third kappa shape index (κ3) is 7.87. The van der Waals surface area contributed by atoms with Crippen molar-refractivity contribution in [3.05, 3.63) is 23.8 Å². The fraction of sp³-hybridized carbons (Fsp3) is 0.696. The molecule has 1 fully saturated rings. The van der Waals surface area contributed by atoms with Crippen molar-refractivity contribution >= 4 is 5.96 Å². The van der Waals surface area contributed by atoms with Crippen LogP contribution in [-0.4, -0.2) is 95.6 Å². The normalized spacial score (nSPS) is 16.3. The van der Waals surface area contributed by atoms with Crippen molar-refractivity contribution < 1.29 is 14.2 Å². The molecule has 8 heteroatoms. The van der Waals surface area contributed by atoms with E-state index in [0.717, 1.165) is 76.5 Å². The van der Waals surface area contributed by atoms with Crippen LogP contribution in [0.25, 0.3) is 0 Å². The Morgan fingerprint density at radius 3 is 2.42 bits per heavy atom. The second-order valence-electron chi connectivity index (χ2n) is 7.45. The summed E-state index contributed by atoms with van der Waals surface area (Å²) < 4.78 is 16.5. The van der Waals surface area contributed by atoms with Gasteiger partial charge in [-0.1, -0.05) is 19.9 Å². The summed E-state index contributed by atoms with van der Waals surface area (Å²) in [6.45, 7) is 15.2. The first-order valence-corrected chi connectivity index (χ1v) is 11.4. The second kappa shape index (κ2) is 14.1. The standard InChI is InChI=1S/C23H41N5O3/c1-6-24-23(25-11-12-27(7-2)8-3)26-18-20(28-13-15-31-16-14-28)19-9-10-21(29-4)22(17-19)30-5/h9-10,17,20H,6-8,11-16,18H2,1-5H3,(H2,24,25,26). The number of methoxy groups -OCH3 is 2. The first kappa shape index (κ1) is 25.2. The SMILES string of the molecule is CCNC(=NCC(c1ccc(OC)c(OC)c1)N1CCOCC1)NCCN(CC)CC. The van der Waals surface area contributed by atoms with Crippen LogP contribution in [0.4, 0.5) is 0 Å². The molecule has 0 aromatic heterocycles. The predicted molar refractivity (Wildman–Crippen MR) is 126 cm³/mol. The number of hydrogen-bond acceptors (Lipinski definition) is 6. The molecule has 2 N–H and O–H groups in total. The van der Waals surface area contributed by atoms with Crippen LogP contribution in [0.15, 0.2) is 23.2 Å². The van der Waals surface area contributed by atoms with Gasteiger partial charge < -0.3 is 29.7 Å². The van der Waals surface area contributed by atoms with Crippen molar-refractivity contribution in [3.8, 4) is 11.5 Å². The van der Waals surface area contributed by atoms with E-state index in [9.17, 15) is 0 Å². The summed E-state index contributed by atoms with van der Waals surface area (Å²) in [5, 5.41) is 6.86. The van der Waals surface area contributed by atoms with Gasteiger partial charge in [0.25, 0.3) is 0 Å². The zero-order chi connectivity index (χ0) is 22.5. The molecule has 176 valence electrons. The quantitative estimate of drug-likeness (QED) is 0.384. The summed E-state index contributed by atoms with van der Waals surface area (Å²) >= 11 is 0. The lowest BCUT2D eigenvalue weighted by Crippen LogP contribution is -2.43. The first-order valence-electron chi connectivity index (χ1n) is 11.4. The molecule has 0 bridgehead atoms. The minimum absolute atomic E-state index is 0.141. The number of morpholine rings is 1. The molecule has 1 saturated heterocycles. The zero-order valence-corrected chi connectivity index (χ0v) is 19.9. The zero-order valence-electron chi connectivity index (χ0n) is 19.9. The summed E-state index contributed by atoms with van der Waals surface area (Å²) in [6, 6.07) is 6.29. The number of nitrogens with one attached hydrogen (secondary N) is 2. The molecule has 8 nitrogen and oxygen atoms in total. The number of rotatable bonds is 12. The Labute approximate surface area is 187 Å². The fourth-order valence-corrected chi connectivity index (χ4v) is 3.77. The fourth-order valence-electron chi connectivity index (χ4n) is 3.77. The third-order valence-corrected chi connectivity index (χ3v) is 5.66. The number of benzene rings is 1. The number of ether oxygens (including phenoxy) is 3. The van der Waals surface area contributed by atoms with Crippen molar-refractivity contribution in [1.82, 2.24) is 20.4 Å². The smallest absolute Gasteiger partial charge is 0.191 e. The van der Waals surface area contributed by atoms with Crippen LogP contribution in [0.2, 0.25) is 0 Å². The summed E-state index contributed by atoms with van der Waals surface area (Å²) in [5.74, 6) is 2.33. The number of likely N-dealkylation sites (N-methyl/N-ethyl adjacent to an activating group) is 1. The van der Waals surface area contributed by atoms with Gasteiger partial charge in [0.15, 0.2) is 17.5 Å². The summed E-state index contributed by atoms with van der Waals surface area (Å²) in [4.78, 5) is 9.77. The molecule has 1 aliphatic heterocycles. The molecular weight excluding hydrogens is 394 g/mol. The minimum Gasteiger partial charge on any atom is -0.493 e. The van der Waals surface area contributed by atoms with Crippen LogP contribution in [0.5, 0.6) is 11.5 Å². The highest BCUT2D eigenvalue weighted by molar-refractivity contribution is 5.79. The van der Waals surface area contributed by atoms with Gasteiger partial charge in [-0.05, 0) is 37.7 Å². The molecule has 0 spiro atoms. The Morgan fingerprint density at radius 1 is 1.10 bits per heavy atom. The predicted octanol–water partition coefficient (Wildman–Crippen LogP) is 1.97. The van der Waals surface area contributed by atoms with E-state index in [0.29, 0.717) is 6.54 Å². The van der Waals surface area contributed by atoms with Crippen molar-refractivity contribution in [2.45, 2.75) is 26.8 Å². The molecule has 0 aliphatic carbocycles. The Bertz CT molecular complexity index is 661. The second-order valence-corrected chi connectivity index (χ2v) is 7.45. The average molecular weight is 436 g/mol. The minimum atomic E-state index is 0.141. The molecule has 1 aromatic rings. The van der Waals surface area contributed by atoms with Gasteiger partial charge in [-0.2, -0.15) is 0 Å². The molecule has 0 saturated carbocycles. The Morgan fingerprint density at radius 2 is 1.81 bits per heavy atom. The third-order valence-electron chi connectivity index (χ3n) is 5.66. The van der Waals surface area contributed by atoms with E-state index in [2.05, 4.69) is 53.3 Å². The van der Waals surface area contributed by atoms with Gasteiger partial charge in [-0.15, -0.1) is 0 Å². The molecule has 1 heterocycles. The summed E-state index contributed by atoms with van der Waals surface area (Å²) in [7, 11) is 3.33. The molecule has 2 rings (SSSR count). The van der Waals surface area contributed by atoms with Crippen LogP contribution in [0, 0.1) is 0 Å². The van der Waals surface area contributed by atoms with Crippen LogP contribution in [-0.2, 0) is 4.74 Å². The molecule has 1 atom stereocenters. The van der Waals surface area contributed by atoms with Gasteiger partial charge in [0.1, 0.15) is 0 Å². The number of hydrogen-bond donors (Lipinski definition) is 2. The molecular formula is C23H41N5O3. The topological polar surface area (TPSA) is 70.6 Å². The highest BCUT2D eigenvalue weighted by Gasteiger charge is 2.24. The van der Waals surface area contributed by atoms with E-state index in [1.165, 1.54) is 5.56 Å². The van der Waals surface area contributed by atoms with Crippen LogP contribution >= 0.6 is 0 Å². The lowest BCUT2D eigenvalue weighted by Gasteiger charge is -2.34. The number of nitrogens with zero attached hydrogens (tertiary/aromatic N) is 3. The lowest BCUT2D eigenvalue weighted by atomic mass is 10.0. The van der Waals surface area contributed by atoms with Gasteiger partial charge in [0, 0.05) is 32.7 Å². The van der Waals surface area contributed by atoms with Gasteiger partial charge in [0.05, 0.1) is 40.0 Å². The van der Waals surface area contributed by atoms with Gasteiger partial charge in [0.2, 0.25) is 0 Å². The van der Waals surface area contributed by atoms with E-state index < -0.39 is 0 Å². The molecule has 0 amide bonds. The monoisotopic (exact) mass is 435 g/mol. The molecule has 1 aliphatic rings. The van der Waals surface area contributed by atoms with Crippen LogP contribution in [0.3, 0.4) is 0 Å². The van der Waals surface area contributed by atoms with Crippen molar-refractivity contribution in [3.63, 3.8) is 0 Å². The van der Waals surface area contributed by atoms with Crippen molar-refractivity contribution in [2.75, 3.05) is 79.8 Å². The maximum atomic E-state index is 5.58. The molecule has 1 unspecified atom stereocenters. The first-order chi connectivity index (χ1) is 15.2. The number of guanidine groups is 1.